The van der Waals surface area contributed by atoms with E-state index in [-0.39, 0.29) is 54.6 Å². The molecule has 0 aliphatic carbocycles. The molecule has 4 heavy (non-hydrogen) atoms. The Morgan fingerprint density at radius 2 is 1.00 bits per heavy atom. The third-order valence-electron chi connectivity index (χ3n) is 0. The van der Waals surface area contributed by atoms with Crippen LogP contribution in [0.2, 0.25) is 0 Å². The van der Waals surface area contributed by atoms with Gasteiger partial charge in [0.2, 0.25) is 0 Å². The normalized spacial score (nSPS) is 0. The van der Waals surface area contributed by atoms with Crippen LogP contribution in [0.3, 0.4) is 0 Å². The van der Waals surface area contributed by atoms with Gasteiger partial charge in [-0.3, -0.25) is 0 Å². The van der Waals surface area contributed by atoms with E-state index in [1.807, 2.05) is 0 Å². The van der Waals surface area contributed by atoms with Crippen molar-refractivity contribution in [1.82, 2.24) is 0 Å². The van der Waals surface area contributed by atoms with Crippen molar-refractivity contribution in [3.05, 3.63) is 0 Å². The zero-order chi connectivity index (χ0) is 0. The molecule has 1 nitrogen and oxygen atoms in total. The van der Waals surface area contributed by atoms with Gasteiger partial charge in [0.25, 0.3) is 0 Å². The Bertz CT molecular complexity index is 8.00. The maximum atomic E-state index is 0. The fourth-order valence-electron chi connectivity index (χ4n) is 0. The molecule has 0 atom stereocenters. The molecule has 0 aromatic heterocycles. The minimum atomic E-state index is 0. The fourth-order valence-corrected chi connectivity index (χ4v) is 0. The second-order valence-electron chi connectivity index (χ2n) is 0. The van der Waals surface area contributed by atoms with E-state index in [0.717, 1.165) is 0 Å². The first kappa shape index (κ1) is 56.5. The van der Waals surface area contributed by atoms with Crippen LogP contribution in [0.4, 0.5) is 0 Å². The molecule has 0 aromatic carbocycles. The summed E-state index contributed by atoms with van der Waals surface area (Å²) in [4.78, 5) is 0. The average Bonchev–Trinajstić information content (AvgIpc) is 0. The summed E-state index contributed by atoms with van der Waals surface area (Å²) in [6.07, 6.45) is 0. The van der Waals surface area contributed by atoms with Crippen LogP contribution in [-0.4, -0.2) is 32.3 Å². The molecule has 24 valence electrons. The molecule has 0 amide bonds. The Balaban J connectivity index is 0. The molecular weight excluding hydrogens is 204 g/mol. The first-order valence-corrected chi connectivity index (χ1v) is 0. The molecule has 0 saturated carbocycles. The van der Waals surface area contributed by atoms with Crippen molar-refractivity contribution in [2.45, 2.75) is 0 Å². The standard InChI is InChI=1S/B.Co.O.Sn.2H/q;+2;-2;;;. The first-order valence-electron chi connectivity index (χ1n) is 0. The van der Waals surface area contributed by atoms with Gasteiger partial charge in [0.1, 0.15) is 0 Å². The summed E-state index contributed by atoms with van der Waals surface area (Å²) in [5, 5.41) is 0. The Morgan fingerprint density at radius 3 is 1.00 bits per heavy atom. The van der Waals surface area contributed by atoms with Crippen molar-refractivity contribution < 1.29 is 22.3 Å². The topological polar surface area (TPSA) is 28.5 Å². The number of hydrogen-bond donors (Lipinski definition) is 0. The van der Waals surface area contributed by atoms with E-state index in [0.29, 0.717) is 0 Å². The Morgan fingerprint density at radius 1 is 1.00 bits per heavy atom. The molecule has 6 radical (unpaired) electrons. The van der Waals surface area contributed by atoms with Crippen LogP contribution >= 0.6 is 0 Å². The summed E-state index contributed by atoms with van der Waals surface area (Å²) in [6.45, 7) is 0. The predicted molar refractivity (Wildman–Crippen MR) is 15.0 cm³/mol. The second kappa shape index (κ2) is 27.1. The van der Waals surface area contributed by atoms with E-state index in [1.165, 1.54) is 0 Å². The SMILES string of the molecule is [B].[Co+2].[O-2].[SnH2]. The molecule has 0 saturated heterocycles. The molecule has 0 aliphatic heterocycles. The number of hydrogen-bond acceptors (Lipinski definition) is 0. The molecule has 0 aromatic rings. The average molecular weight is 206 g/mol. The Labute approximate surface area is 54.6 Å². The molecule has 0 bridgehead atoms. The number of rotatable bonds is 0. The molecule has 4 heteroatoms. The van der Waals surface area contributed by atoms with Gasteiger partial charge < -0.3 is 5.48 Å². The summed E-state index contributed by atoms with van der Waals surface area (Å²) in [5.74, 6) is 0. The third-order valence-corrected chi connectivity index (χ3v) is 0. The van der Waals surface area contributed by atoms with Crippen molar-refractivity contribution in [2.75, 3.05) is 0 Å². The van der Waals surface area contributed by atoms with Gasteiger partial charge in [-0.05, 0) is 0 Å². The Hall–Kier alpha value is 1.33. The van der Waals surface area contributed by atoms with E-state index >= 15 is 0 Å². The second-order valence-corrected chi connectivity index (χ2v) is 0. The van der Waals surface area contributed by atoms with Crippen LogP contribution in [0, 0.1) is 0 Å². The van der Waals surface area contributed by atoms with Crippen LogP contribution in [0.15, 0.2) is 0 Å². The van der Waals surface area contributed by atoms with Gasteiger partial charge in [0.05, 0.1) is 0 Å². The van der Waals surface area contributed by atoms with Crippen LogP contribution in [-0.2, 0) is 22.3 Å². The molecule has 0 spiro atoms. The summed E-state index contributed by atoms with van der Waals surface area (Å²) in [5.41, 5.74) is 0. The van der Waals surface area contributed by atoms with Gasteiger partial charge >= 0.3 is 40.7 Å². The zero-order valence-corrected chi connectivity index (χ0v) is 7.10. The molecule has 0 N–H and O–H groups in total. The van der Waals surface area contributed by atoms with Crippen molar-refractivity contribution in [3.63, 3.8) is 0 Å². The van der Waals surface area contributed by atoms with Gasteiger partial charge in [-0.15, -0.1) is 0 Å². The molecule has 0 unspecified atom stereocenters. The van der Waals surface area contributed by atoms with E-state index in [9.17, 15) is 0 Å². The monoisotopic (exact) mass is 208 g/mol. The summed E-state index contributed by atoms with van der Waals surface area (Å²) in [6, 6.07) is 0. The van der Waals surface area contributed by atoms with E-state index in [2.05, 4.69) is 0 Å². The van der Waals surface area contributed by atoms with Gasteiger partial charge in [-0.2, -0.15) is 0 Å². The van der Waals surface area contributed by atoms with Gasteiger partial charge in [-0.1, -0.05) is 0 Å². The summed E-state index contributed by atoms with van der Waals surface area (Å²) < 4.78 is 0. The fraction of sp³-hybridized carbons (Fsp3) is 0. The minimum absolute atomic E-state index is 0. The zero-order valence-electron chi connectivity index (χ0n) is 2.03. The van der Waals surface area contributed by atoms with Crippen molar-refractivity contribution in [2.24, 2.45) is 0 Å². The van der Waals surface area contributed by atoms with Crippen molar-refractivity contribution in [1.29, 1.82) is 0 Å². The quantitative estimate of drug-likeness (QED) is 0.436. The Kier molecular flexibility index (Phi) is 383. The maximum absolute atomic E-state index is 0. The molecular formula is H2BCoOSn. The van der Waals surface area contributed by atoms with Crippen LogP contribution < -0.4 is 0 Å². The van der Waals surface area contributed by atoms with Crippen LogP contribution in [0.5, 0.6) is 0 Å². The van der Waals surface area contributed by atoms with Gasteiger partial charge in [-0.25, -0.2) is 0 Å². The van der Waals surface area contributed by atoms with Crippen LogP contribution in [0.25, 0.3) is 0 Å². The first-order chi connectivity index (χ1) is 0. The third kappa shape index (κ3) is 10.2. The van der Waals surface area contributed by atoms with Crippen LogP contribution in [0.1, 0.15) is 0 Å². The van der Waals surface area contributed by atoms with E-state index in [1.54, 1.807) is 0 Å². The van der Waals surface area contributed by atoms with E-state index < -0.39 is 0 Å². The summed E-state index contributed by atoms with van der Waals surface area (Å²) in [7, 11) is 0. The summed E-state index contributed by atoms with van der Waals surface area (Å²) >= 11 is 0. The molecule has 0 heterocycles. The van der Waals surface area contributed by atoms with Gasteiger partial charge in [0, 0.05) is 8.41 Å². The van der Waals surface area contributed by atoms with Gasteiger partial charge in [0.15, 0.2) is 0 Å². The molecule has 0 fully saturated rings. The van der Waals surface area contributed by atoms with Crippen molar-refractivity contribution in [3.8, 4) is 0 Å². The van der Waals surface area contributed by atoms with E-state index in [4.69, 9.17) is 0 Å². The molecule has 0 rings (SSSR count). The van der Waals surface area contributed by atoms with Crippen molar-refractivity contribution >= 4 is 32.3 Å². The molecule has 0 aliphatic rings. The predicted octanol–water partition coefficient (Wildman–Crippen LogP) is -1.42.